The molecule has 0 radical (unpaired) electrons. The van der Waals surface area contributed by atoms with Crippen molar-refractivity contribution < 1.29 is 14.3 Å². The van der Waals surface area contributed by atoms with Crippen LogP contribution in [0.25, 0.3) is 0 Å². The highest BCUT2D eigenvalue weighted by atomic mass is 79.9. The number of hydrogen-bond donors (Lipinski definition) is 1. The fourth-order valence-corrected chi connectivity index (χ4v) is 1.67. The SMILES string of the molecule is Nc1cccc(OCC(=O)OCc2ccc(Br)cn2)c1. The van der Waals surface area contributed by atoms with Crippen LogP contribution in [0.1, 0.15) is 5.69 Å². The molecule has 0 spiro atoms. The van der Waals surface area contributed by atoms with Gasteiger partial charge in [0.2, 0.25) is 0 Å². The molecule has 1 aromatic carbocycles. The molecule has 0 saturated heterocycles. The standard InChI is InChI=1S/C14H13BrN2O3/c15-10-4-5-12(17-7-10)8-20-14(18)9-19-13-3-1-2-11(16)6-13/h1-7H,8-9,16H2. The number of halogens is 1. The monoisotopic (exact) mass is 336 g/mol. The zero-order chi connectivity index (χ0) is 14.4. The van der Waals surface area contributed by atoms with Crippen molar-refractivity contribution in [3.8, 4) is 5.75 Å². The fraction of sp³-hybridized carbons (Fsp3) is 0.143. The van der Waals surface area contributed by atoms with Gasteiger partial charge in [-0.3, -0.25) is 4.98 Å². The molecule has 5 nitrogen and oxygen atoms in total. The summed E-state index contributed by atoms with van der Waals surface area (Å²) in [6, 6.07) is 10.5. The van der Waals surface area contributed by atoms with Gasteiger partial charge in [-0.2, -0.15) is 0 Å². The lowest BCUT2D eigenvalue weighted by molar-refractivity contribution is -0.147. The number of esters is 1. The molecule has 2 N–H and O–H groups in total. The lowest BCUT2D eigenvalue weighted by Crippen LogP contribution is -2.15. The van der Waals surface area contributed by atoms with E-state index in [2.05, 4.69) is 20.9 Å². The first kappa shape index (κ1) is 14.3. The van der Waals surface area contributed by atoms with E-state index >= 15 is 0 Å². The summed E-state index contributed by atoms with van der Waals surface area (Å²) in [5.41, 5.74) is 6.85. The molecule has 0 amide bonds. The molecule has 0 aliphatic rings. The number of ether oxygens (including phenoxy) is 2. The van der Waals surface area contributed by atoms with E-state index in [4.69, 9.17) is 15.2 Å². The highest BCUT2D eigenvalue weighted by Gasteiger charge is 2.05. The van der Waals surface area contributed by atoms with Crippen molar-refractivity contribution in [2.45, 2.75) is 6.61 Å². The molecular weight excluding hydrogens is 324 g/mol. The molecule has 0 unspecified atom stereocenters. The Bertz CT molecular complexity index is 587. The number of carbonyl (C=O) groups is 1. The average Bonchev–Trinajstić information content (AvgIpc) is 2.45. The molecular formula is C14H13BrN2O3. The van der Waals surface area contributed by atoms with Crippen LogP contribution in [0.3, 0.4) is 0 Å². The van der Waals surface area contributed by atoms with Gasteiger partial charge in [-0.05, 0) is 40.2 Å². The molecule has 0 fully saturated rings. The normalized spacial score (nSPS) is 10.1. The Morgan fingerprint density at radius 1 is 1.30 bits per heavy atom. The van der Waals surface area contributed by atoms with Gasteiger partial charge in [0.25, 0.3) is 0 Å². The van der Waals surface area contributed by atoms with E-state index in [9.17, 15) is 4.79 Å². The van der Waals surface area contributed by atoms with E-state index < -0.39 is 5.97 Å². The van der Waals surface area contributed by atoms with Crippen molar-refractivity contribution >= 4 is 27.6 Å². The van der Waals surface area contributed by atoms with Gasteiger partial charge in [0.05, 0.1) is 5.69 Å². The predicted octanol–water partition coefficient (Wildman–Crippen LogP) is 2.55. The van der Waals surface area contributed by atoms with Gasteiger partial charge in [0, 0.05) is 22.4 Å². The Labute approximate surface area is 124 Å². The van der Waals surface area contributed by atoms with E-state index in [0.717, 1.165) is 4.47 Å². The number of aromatic nitrogens is 1. The Hall–Kier alpha value is -2.08. The number of nitrogen functional groups attached to an aromatic ring is 1. The topological polar surface area (TPSA) is 74.4 Å². The van der Waals surface area contributed by atoms with Gasteiger partial charge >= 0.3 is 5.97 Å². The van der Waals surface area contributed by atoms with Crippen molar-refractivity contribution in [3.63, 3.8) is 0 Å². The van der Waals surface area contributed by atoms with Crippen LogP contribution < -0.4 is 10.5 Å². The minimum atomic E-state index is -0.461. The number of benzene rings is 1. The maximum Gasteiger partial charge on any atom is 0.344 e. The second-order valence-electron chi connectivity index (χ2n) is 3.99. The van der Waals surface area contributed by atoms with Crippen LogP contribution in [-0.4, -0.2) is 17.6 Å². The van der Waals surface area contributed by atoms with Gasteiger partial charge in [0.15, 0.2) is 6.61 Å². The minimum Gasteiger partial charge on any atom is -0.482 e. The van der Waals surface area contributed by atoms with Gasteiger partial charge in [-0.15, -0.1) is 0 Å². The summed E-state index contributed by atoms with van der Waals surface area (Å²) in [7, 11) is 0. The van der Waals surface area contributed by atoms with Crippen molar-refractivity contribution in [1.29, 1.82) is 0 Å². The Morgan fingerprint density at radius 2 is 2.15 bits per heavy atom. The first-order valence-corrected chi connectivity index (χ1v) is 6.67. The summed E-state index contributed by atoms with van der Waals surface area (Å²) < 4.78 is 11.2. The first-order chi connectivity index (χ1) is 9.63. The third kappa shape index (κ3) is 4.55. The van der Waals surface area contributed by atoms with Crippen LogP contribution in [0.4, 0.5) is 5.69 Å². The van der Waals surface area contributed by atoms with Gasteiger partial charge in [-0.25, -0.2) is 4.79 Å². The largest absolute Gasteiger partial charge is 0.482 e. The molecule has 0 aliphatic carbocycles. The molecule has 1 aromatic heterocycles. The van der Waals surface area contributed by atoms with Gasteiger partial charge in [-0.1, -0.05) is 6.07 Å². The van der Waals surface area contributed by atoms with Crippen molar-refractivity contribution in [3.05, 3.63) is 52.8 Å². The van der Waals surface area contributed by atoms with Crippen LogP contribution in [0.5, 0.6) is 5.75 Å². The Kier molecular flexibility index (Phi) is 4.95. The molecule has 104 valence electrons. The number of anilines is 1. The quantitative estimate of drug-likeness (QED) is 0.670. The smallest absolute Gasteiger partial charge is 0.344 e. The molecule has 0 atom stereocenters. The number of carbonyl (C=O) groups excluding carboxylic acids is 1. The molecule has 0 saturated carbocycles. The summed E-state index contributed by atoms with van der Waals surface area (Å²) >= 11 is 3.28. The van der Waals surface area contributed by atoms with E-state index in [1.165, 1.54) is 0 Å². The third-order valence-electron chi connectivity index (χ3n) is 2.38. The highest BCUT2D eigenvalue weighted by Crippen LogP contribution is 2.14. The zero-order valence-electron chi connectivity index (χ0n) is 10.6. The first-order valence-electron chi connectivity index (χ1n) is 5.88. The second kappa shape index (κ2) is 6.91. The minimum absolute atomic E-state index is 0.117. The lowest BCUT2D eigenvalue weighted by atomic mass is 10.3. The molecule has 1 heterocycles. The number of nitrogens with zero attached hydrogens (tertiary/aromatic N) is 1. The predicted molar refractivity (Wildman–Crippen MR) is 78.1 cm³/mol. The molecule has 0 bridgehead atoms. The van der Waals surface area contributed by atoms with Gasteiger partial charge in [0.1, 0.15) is 12.4 Å². The van der Waals surface area contributed by atoms with E-state index in [1.54, 1.807) is 36.5 Å². The Balaban J connectivity index is 1.77. The summed E-state index contributed by atoms with van der Waals surface area (Å²) in [5.74, 6) is 0.0702. The summed E-state index contributed by atoms with van der Waals surface area (Å²) in [5, 5.41) is 0. The van der Waals surface area contributed by atoms with E-state index in [1.807, 2.05) is 6.07 Å². The highest BCUT2D eigenvalue weighted by molar-refractivity contribution is 9.10. The maximum absolute atomic E-state index is 11.5. The van der Waals surface area contributed by atoms with Crippen LogP contribution >= 0.6 is 15.9 Å². The molecule has 20 heavy (non-hydrogen) atoms. The second-order valence-corrected chi connectivity index (χ2v) is 4.91. The molecule has 2 rings (SSSR count). The maximum atomic E-state index is 11.5. The molecule has 6 heteroatoms. The third-order valence-corrected chi connectivity index (χ3v) is 2.85. The number of hydrogen-bond acceptors (Lipinski definition) is 5. The van der Waals surface area contributed by atoms with Crippen LogP contribution in [0, 0.1) is 0 Å². The molecule has 2 aromatic rings. The Morgan fingerprint density at radius 3 is 2.85 bits per heavy atom. The summed E-state index contributed by atoms with van der Waals surface area (Å²) in [6.45, 7) is -0.0492. The van der Waals surface area contributed by atoms with Crippen molar-refractivity contribution in [2.24, 2.45) is 0 Å². The van der Waals surface area contributed by atoms with Crippen molar-refractivity contribution in [1.82, 2.24) is 4.98 Å². The van der Waals surface area contributed by atoms with Crippen LogP contribution in [0.15, 0.2) is 47.1 Å². The average molecular weight is 337 g/mol. The number of rotatable bonds is 5. The zero-order valence-corrected chi connectivity index (χ0v) is 12.2. The van der Waals surface area contributed by atoms with Crippen LogP contribution in [-0.2, 0) is 16.1 Å². The fourth-order valence-electron chi connectivity index (χ4n) is 1.43. The van der Waals surface area contributed by atoms with Crippen molar-refractivity contribution in [2.75, 3.05) is 12.3 Å². The number of nitrogens with two attached hydrogens (primary N) is 1. The lowest BCUT2D eigenvalue weighted by Gasteiger charge is -2.07. The molecule has 0 aliphatic heterocycles. The van der Waals surface area contributed by atoms with Gasteiger partial charge < -0.3 is 15.2 Å². The number of pyridine rings is 1. The van der Waals surface area contributed by atoms with Crippen LogP contribution in [0.2, 0.25) is 0 Å². The van der Waals surface area contributed by atoms with E-state index in [0.29, 0.717) is 17.1 Å². The summed E-state index contributed by atoms with van der Waals surface area (Å²) in [6.07, 6.45) is 1.65. The van der Waals surface area contributed by atoms with E-state index in [-0.39, 0.29) is 13.2 Å². The summed E-state index contributed by atoms with van der Waals surface area (Å²) in [4.78, 5) is 15.6.